The zero-order chi connectivity index (χ0) is 13.8. The van der Waals surface area contributed by atoms with Gasteiger partial charge < -0.3 is 5.32 Å². The molecule has 0 spiro atoms. The molecule has 1 aromatic carbocycles. The van der Waals surface area contributed by atoms with Crippen molar-refractivity contribution in [2.24, 2.45) is 5.92 Å². The summed E-state index contributed by atoms with van der Waals surface area (Å²) in [5.74, 6) is 0.791. The van der Waals surface area contributed by atoms with Gasteiger partial charge in [-0.15, -0.1) is 0 Å². The smallest absolute Gasteiger partial charge is 0.252 e. The van der Waals surface area contributed by atoms with E-state index in [1.54, 1.807) is 6.07 Å². The van der Waals surface area contributed by atoms with Gasteiger partial charge in [0.05, 0.1) is 5.56 Å². The zero-order valence-electron chi connectivity index (χ0n) is 11.1. The first-order valence-corrected chi connectivity index (χ1v) is 8.28. The van der Waals surface area contributed by atoms with Gasteiger partial charge >= 0.3 is 0 Å². The van der Waals surface area contributed by atoms with E-state index in [-0.39, 0.29) is 5.91 Å². The Kier molecular flexibility index (Phi) is 5.51. The van der Waals surface area contributed by atoms with E-state index in [1.807, 2.05) is 12.1 Å². The normalized spacial score (nSPS) is 23.7. The third-order valence-corrected chi connectivity index (χ3v) is 4.94. The molecular weight excluding hydrogens is 373 g/mol. The molecule has 2 atom stereocenters. The van der Waals surface area contributed by atoms with Gasteiger partial charge in [0.25, 0.3) is 5.91 Å². The Morgan fingerprint density at radius 2 is 2.11 bits per heavy atom. The fourth-order valence-electron chi connectivity index (χ4n) is 2.57. The molecule has 1 N–H and O–H groups in total. The quantitative estimate of drug-likeness (QED) is 0.577. The van der Waals surface area contributed by atoms with Crippen LogP contribution in [-0.2, 0) is 0 Å². The average Bonchev–Trinajstić information content (AvgIpc) is 2.57. The van der Waals surface area contributed by atoms with E-state index in [4.69, 9.17) is 11.6 Å². The Bertz CT molecular complexity index is 463. The van der Waals surface area contributed by atoms with Gasteiger partial charge in [0.2, 0.25) is 0 Å². The summed E-state index contributed by atoms with van der Waals surface area (Å²) in [5.41, 5.74) is 0.686. The number of benzene rings is 1. The van der Waals surface area contributed by atoms with Crippen molar-refractivity contribution in [3.05, 3.63) is 32.4 Å². The third kappa shape index (κ3) is 4.35. The maximum Gasteiger partial charge on any atom is 0.252 e. The van der Waals surface area contributed by atoms with Gasteiger partial charge in [0, 0.05) is 14.6 Å². The van der Waals surface area contributed by atoms with Crippen LogP contribution in [0.25, 0.3) is 0 Å². The number of carbonyl (C=O) groups is 1. The van der Waals surface area contributed by atoms with Gasteiger partial charge in [-0.1, -0.05) is 31.4 Å². The lowest BCUT2D eigenvalue weighted by atomic mass is 10.0. The maximum atomic E-state index is 12.3. The molecular formula is C15H19ClINO. The van der Waals surface area contributed by atoms with Crippen molar-refractivity contribution in [2.45, 2.75) is 45.1 Å². The number of hydrogen-bond acceptors (Lipinski definition) is 1. The lowest BCUT2D eigenvalue weighted by Crippen LogP contribution is -2.34. The van der Waals surface area contributed by atoms with E-state index in [2.05, 4.69) is 34.8 Å². The molecule has 1 fully saturated rings. The number of halogens is 2. The fourth-order valence-corrected chi connectivity index (χ4v) is 3.32. The van der Waals surface area contributed by atoms with Crippen molar-refractivity contribution < 1.29 is 4.79 Å². The predicted octanol–water partition coefficient (Wildman–Crippen LogP) is 4.64. The Hall–Kier alpha value is -0.290. The number of rotatable bonds is 2. The largest absolute Gasteiger partial charge is 0.349 e. The first kappa shape index (κ1) is 15.1. The number of carbonyl (C=O) groups excluding carboxylic acids is 1. The van der Waals surface area contributed by atoms with Crippen LogP contribution in [0.2, 0.25) is 5.02 Å². The highest BCUT2D eigenvalue weighted by Gasteiger charge is 2.19. The van der Waals surface area contributed by atoms with Crippen molar-refractivity contribution in [1.82, 2.24) is 5.32 Å². The molecule has 0 heterocycles. The maximum absolute atomic E-state index is 12.3. The number of amides is 1. The molecule has 2 unspecified atom stereocenters. The van der Waals surface area contributed by atoms with Crippen molar-refractivity contribution in [2.75, 3.05) is 0 Å². The Morgan fingerprint density at radius 1 is 1.32 bits per heavy atom. The number of hydrogen-bond donors (Lipinski definition) is 1. The summed E-state index contributed by atoms with van der Waals surface area (Å²) >= 11 is 8.14. The molecule has 2 nitrogen and oxygen atoms in total. The summed E-state index contributed by atoms with van der Waals surface area (Å²) in [7, 11) is 0. The van der Waals surface area contributed by atoms with Gasteiger partial charge in [-0.3, -0.25) is 4.79 Å². The lowest BCUT2D eigenvalue weighted by Gasteiger charge is -2.17. The Labute approximate surface area is 133 Å². The summed E-state index contributed by atoms with van der Waals surface area (Å²) in [6, 6.07) is 5.76. The molecule has 1 amide bonds. The molecule has 2 rings (SSSR count). The molecule has 1 aliphatic carbocycles. The van der Waals surface area contributed by atoms with Crippen molar-refractivity contribution in [1.29, 1.82) is 0 Å². The van der Waals surface area contributed by atoms with E-state index >= 15 is 0 Å². The van der Waals surface area contributed by atoms with Crippen molar-refractivity contribution >= 4 is 40.1 Å². The summed E-state index contributed by atoms with van der Waals surface area (Å²) in [6.45, 7) is 2.30. The molecule has 0 aromatic heterocycles. The molecule has 4 heteroatoms. The van der Waals surface area contributed by atoms with Crippen LogP contribution in [0.3, 0.4) is 0 Å². The van der Waals surface area contributed by atoms with Gasteiger partial charge in [0.1, 0.15) is 0 Å². The second-order valence-corrected chi connectivity index (χ2v) is 7.01. The molecule has 1 aromatic rings. The Morgan fingerprint density at radius 3 is 2.89 bits per heavy atom. The van der Waals surface area contributed by atoms with Crippen LogP contribution in [0.5, 0.6) is 0 Å². The minimum atomic E-state index is 0.00598. The molecule has 1 saturated carbocycles. The molecule has 1 aliphatic rings. The minimum Gasteiger partial charge on any atom is -0.349 e. The van der Waals surface area contributed by atoms with Crippen LogP contribution in [-0.4, -0.2) is 11.9 Å². The van der Waals surface area contributed by atoms with Crippen LogP contribution in [0.4, 0.5) is 0 Å². The standard InChI is InChI=1S/C15H19ClINO/c1-10-3-2-4-12(7-5-10)18-15(19)13-9-11(16)6-8-14(13)17/h6,8-10,12H,2-5,7H2,1H3,(H,18,19). The van der Waals surface area contributed by atoms with Gasteiger partial charge in [-0.05, 0) is 66.0 Å². The molecule has 104 valence electrons. The fraction of sp³-hybridized carbons (Fsp3) is 0.533. The van der Waals surface area contributed by atoms with Crippen LogP contribution < -0.4 is 5.32 Å². The summed E-state index contributed by atoms with van der Waals surface area (Å²) < 4.78 is 0.946. The zero-order valence-corrected chi connectivity index (χ0v) is 14.0. The summed E-state index contributed by atoms with van der Waals surface area (Å²) in [6.07, 6.45) is 5.87. The molecule has 0 aliphatic heterocycles. The second-order valence-electron chi connectivity index (χ2n) is 5.41. The molecule has 0 bridgehead atoms. The van der Waals surface area contributed by atoms with Gasteiger partial charge in [0.15, 0.2) is 0 Å². The third-order valence-electron chi connectivity index (χ3n) is 3.77. The van der Waals surface area contributed by atoms with E-state index in [0.717, 1.165) is 22.3 Å². The van der Waals surface area contributed by atoms with Crippen LogP contribution in [0.1, 0.15) is 49.4 Å². The highest BCUT2D eigenvalue weighted by atomic mass is 127. The Balaban J connectivity index is 2.02. The van der Waals surface area contributed by atoms with Crippen molar-refractivity contribution in [3.63, 3.8) is 0 Å². The van der Waals surface area contributed by atoms with E-state index in [9.17, 15) is 4.79 Å². The number of nitrogens with one attached hydrogen (secondary N) is 1. The highest BCUT2D eigenvalue weighted by molar-refractivity contribution is 14.1. The molecule has 0 saturated heterocycles. The average molecular weight is 392 g/mol. The predicted molar refractivity (Wildman–Crippen MR) is 87.7 cm³/mol. The van der Waals surface area contributed by atoms with Gasteiger partial charge in [-0.2, -0.15) is 0 Å². The van der Waals surface area contributed by atoms with Crippen LogP contribution in [0.15, 0.2) is 18.2 Å². The van der Waals surface area contributed by atoms with Gasteiger partial charge in [-0.25, -0.2) is 0 Å². The monoisotopic (exact) mass is 391 g/mol. The summed E-state index contributed by atoms with van der Waals surface area (Å²) in [5, 5.41) is 3.77. The van der Waals surface area contributed by atoms with Crippen LogP contribution >= 0.6 is 34.2 Å². The first-order chi connectivity index (χ1) is 9.06. The van der Waals surface area contributed by atoms with E-state index < -0.39 is 0 Å². The first-order valence-electron chi connectivity index (χ1n) is 6.82. The molecule has 0 radical (unpaired) electrons. The second kappa shape index (κ2) is 6.93. The SMILES string of the molecule is CC1CCCC(NC(=O)c2cc(Cl)ccc2I)CC1. The van der Waals surface area contributed by atoms with E-state index in [0.29, 0.717) is 16.6 Å². The topological polar surface area (TPSA) is 29.1 Å². The lowest BCUT2D eigenvalue weighted by molar-refractivity contribution is 0.0932. The van der Waals surface area contributed by atoms with Crippen LogP contribution in [0, 0.1) is 9.49 Å². The molecule has 19 heavy (non-hydrogen) atoms. The summed E-state index contributed by atoms with van der Waals surface area (Å²) in [4.78, 5) is 12.3. The van der Waals surface area contributed by atoms with Crippen molar-refractivity contribution in [3.8, 4) is 0 Å². The van der Waals surface area contributed by atoms with E-state index in [1.165, 1.54) is 19.3 Å². The minimum absolute atomic E-state index is 0.00598. The highest BCUT2D eigenvalue weighted by Crippen LogP contribution is 2.23.